The zero-order chi connectivity index (χ0) is 23.0. The van der Waals surface area contributed by atoms with E-state index in [-0.39, 0.29) is 21.4 Å². The second-order valence-electron chi connectivity index (χ2n) is 8.40. The summed E-state index contributed by atoms with van der Waals surface area (Å²) < 4.78 is 0. The second kappa shape index (κ2) is 9.04. The number of ketones is 1. The molecule has 0 radical (unpaired) electrons. The summed E-state index contributed by atoms with van der Waals surface area (Å²) in [5.41, 5.74) is 0.508. The number of carbonyl (C=O) groups excluding carboxylic acids is 4. The van der Waals surface area contributed by atoms with Crippen LogP contribution in [-0.2, 0) is 9.59 Å². The molecule has 3 amide bonds. The molecule has 2 aromatic carbocycles. The molecule has 1 saturated carbocycles. The third kappa shape index (κ3) is 4.17. The number of imide groups is 1. The molecule has 1 aliphatic heterocycles. The van der Waals surface area contributed by atoms with Gasteiger partial charge in [0.25, 0.3) is 17.7 Å². The fourth-order valence-electron chi connectivity index (χ4n) is 4.47. The van der Waals surface area contributed by atoms with Gasteiger partial charge in [-0.25, -0.2) is 5.01 Å². The van der Waals surface area contributed by atoms with E-state index in [1.165, 1.54) is 18.2 Å². The summed E-state index contributed by atoms with van der Waals surface area (Å²) in [5, 5.41) is 2.28. The maximum atomic E-state index is 13.4. The van der Waals surface area contributed by atoms with Gasteiger partial charge in [-0.2, -0.15) is 5.01 Å². The van der Waals surface area contributed by atoms with Gasteiger partial charge in [0.05, 0.1) is 21.9 Å². The first-order valence-corrected chi connectivity index (χ1v) is 11.3. The molecule has 32 heavy (non-hydrogen) atoms. The van der Waals surface area contributed by atoms with Crippen molar-refractivity contribution in [2.75, 3.05) is 6.54 Å². The molecule has 2 fully saturated rings. The Labute approximate surface area is 196 Å². The Morgan fingerprint density at radius 1 is 0.938 bits per heavy atom. The fraction of sp³-hybridized carbons (Fsp3) is 0.333. The van der Waals surface area contributed by atoms with E-state index in [1.54, 1.807) is 30.3 Å². The highest BCUT2D eigenvalue weighted by Crippen LogP contribution is 2.41. The lowest BCUT2D eigenvalue weighted by Crippen LogP contribution is -2.52. The zero-order valence-corrected chi connectivity index (χ0v) is 19.0. The minimum atomic E-state index is -0.666. The molecule has 1 heterocycles. The number of hydrogen-bond acceptors (Lipinski definition) is 4. The van der Waals surface area contributed by atoms with Gasteiger partial charge in [0.2, 0.25) is 0 Å². The van der Waals surface area contributed by atoms with Crippen LogP contribution in [0.15, 0.2) is 48.5 Å². The summed E-state index contributed by atoms with van der Waals surface area (Å²) in [4.78, 5) is 52.9. The van der Waals surface area contributed by atoms with E-state index >= 15 is 0 Å². The molecule has 6 nitrogen and oxygen atoms in total. The summed E-state index contributed by atoms with van der Waals surface area (Å²) in [6, 6.07) is 12.7. The van der Waals surface area contributed by atoms with Crippen molar-refractivity contribution in [2.45, 2.75) is 26.2 Å². The van der Waals surface area contributed by atoms with Crippen molar-refractivity contribution < 1.29 is 19.2 Å². The number of fused-ring (bicyclic) bond motifs is 1. The predicted octanol–water partition coefficient (Wildman–Crippen LogP) is 4.65. The quantitative estimate of drug-likeness (QED) is 0.468. The predicted molar refractivity (Wildman–Crippen MR) is 120 cm³/mol. The van der Waals surface area contributed by atoms with Gasteiger partial charge < -0.3 is 0 Å². The van der Waals surface area contributed by atoms with E-state index in [0.717, 1.165) is 16.4 Å². The molecule has 0 spiro atoms. The number of halogens is 2. The van der Waals surface area contributed by atoms with Crippen LogP contribution in [0.5, 0.6) is 0 Å². The Hall–Kier alpha value is -2.70. The molecule has 166 valence electrons. The molecule has 3 atom stereocenters. The van der Waals surface area contributed by atoms with Crippen LogP contribution in [0.3, 0.4) is 0 Å². The van der Waals surface area contributed by atoms with Gasteiger partial charge in [0.15, 0.2) is 5.78 Å². The smallest absolute Gasteiger partial charge is 0.273 e. The van der Waals surface area contributed by atoms with Gasteiger partial charge in [-0.15, -0.1) is 0 Å². The summed E-state index contributed by atoms with van der Waals surface area (Å²) in [6.07, 6.45) is 2.03. The standard InChI is InChI=1S/C24H22Cl2N2O4/c1-14-7-9-17-18(11-14)24(32)28(23(17)31)27(13-21(29)15-5-3-2-4-6-15)22(30)16-8-10-19(25)20(26)12-16/h2-6,8,10,12,14,17-18H,7,9,11,13H2,1H3/t14-,17-,18+/m1/s1. The van der Waals surface area contributed by atoms with Gasteiger partial charge in [-0.05, 0) is 43.4 Å². The lowest BCUT2D eigenvalue weighted by atomic mass is 9.76. The maximum Gasteiger partial charge on any atom is 0.273 e. The van der Waals surface area contributed by atoms with Crippen LogP contribution in [-0.4, -0.2) is 40.1 Å². The average Bonchev–Trinajstić information content (AvgIpc) is 3.03. The monoisotopic (exact) mass is 472 g/mol. The number of amides is 3. The van der Waals surface area contributed by atoms with Crippen LogP contribution in [0.25, 0.3) is 0 Å². The molecule has 2 aliphatic rings. The Morgan fingerprint density at radius 2 is 1.62 bits per heavy atom. The topological polar surface area (TPSA) is 74.8 Å². The Bertz CT molecular complexity index is 1090. The van der Waals surface area contributed by atoms with Crippen molar-refractivity contribution in [3.05, 3.63) is 69.7 Å². The van der Waals surface area contributed by atoms with Crippen molar-refractivity contribution in [2.24, 2.45) is 17.8 Å². The fourth-order valence-corrected chi connectivity index (χ4v) is 4.77. The van der Waals surface area contributed by atoms with Crippen LogP contribution in [0.2, 0.25) is 10.0 Å². The first-order chi connectivity index (χ1) is 15.3. The number of nitrogens with zero attached hydrogens (tertiary/aromatic N) is 2. The lowest BCUT2D eigenvalue weighted by Gasteiger charge is -2.30. The van der Waals surface area contributed by atoms with E-state index in [4.69, 9.17) is 23.2 Å². The highest BCUT2D eigenvalue weighted by atomic mass is 35.5. The highest BCUT2D eigenvalue weighted by Gasteiger charge is 2.52. The third-order valence-corrected chi connectivity index (χ3v) is 6.93. The molecular weight excluding hydrogens is 451 g/mol. The minimum absolute atomic E-state index is 0.129. The Morgan fingerprint density at radius 3 is 2.31 bits per heavy atom. The third-order valence-electron chi connectivity index (χ3n) is 6.20. The summed E-state index contributed by atoms with van der Waals surface area (Å²) in [5.74, 6) is -2.53. The number of carbonyl (C=O) groups is 4. The minimum Gasteiger partial charge on any atom is -0.292 e. The zero-order valence-electron chi connectivity index (χ0n) is 17.5. The van der Waals surface area contributed by atoms with E-state index < -0.39 is 36.1 Å². The maximum absolute atomic E-state index is 13.4. The number of benzene rings is 2. The highest BCUT2D eigenvalue weighted by molar-refractivity contribution is 6.42. The molecule has 0 unspecified atom stereocenters. The van der Waals surface area contributed by atoms with E-state index in [2.05, 4.69) is 0 Å². The van der Waals surface area contributed by atoms with Crippen molar-refractivity contribution in [3.8, 4) is 0 Å². The summed E-state index contributed by atoms with van der Waals surface area (Å²) in [7, 11) is 0. The van der Waals surface area contributed by atoms with Crippen LogP contribution >= 0.6 is 23.2 Å². The average molecular weight is 473 g/mol. The van der Waals surface area contributed by atoms with Crippen LogP contribution in [0.4, 0.5) is 0 Å². The van der Waals surface area contributed by atoms with Crippen molar-refractivity contribution in [1.29, 1.82) is 0 Å². The van der Waals surface area contributed by atoms with Crippen LogP contribution < -0.4 is 0 Å². The van der Waals surface area contributed by atoms with Crippen LogP contribution in [0.1, 0.15) is 46.9 Å². The summed E-state index contributed by atoms with van der Waals surface area (Å²) in [6.45, 7) is 1.60. The molecule has 0 bridgehead atoms. The molecular formula is C24H22Cl2N2O4. The van der Waals surface area contributed by atoms with E-state index in [9.17, 15) is 19.2 Å². The molecule has 0 N–H and O–H groups in total. The molecule has 1 saturated heterocycles. The first-order valence-electron chi connectivity index (χ1n) is 10.5. The molecule has 2 aromatic rings. The second-order valence-corrected chi connectivity index (χ2v) is 9.21. The van der Waals surface area contributed by atoms with Crippen molar-refractivity contribution in [1.82, 2.24) is 10.0 Å². The number of rotatable bonds is 5. The van der Waals surface area contributed by atoms with E-state index in [0.29, 0.717) is 24.3 Å². The Balaban J connectivity index is 1.70. The van der Waals surface area contributed by atoms with Gasteiger partial charge >= 0.3 is 0 Å². The molecule has 4 rings (SSSR count). The van der Waals surface area contributed by atoms with Gasteiger partial charge in [-0.3, -0.25) is 19.2 Å². The summed E-state index contributed by atoms with van der Waals surface area (Å²) >= 11 is 12.0. The van der Waals surface area contributed by atoms with Gasteiger partial charge in [0.1, 0.15) is 6.54 Å². The number of hydrazine groups is 1. The number of Topliss-reactive ketones (excluding diaryl/α,β-unsaturated/α-hetero) is 1. The van der Waals surface area contributed by atoms with Crippen LogP contribution in [0, 0.1) is 17.8 Å². The largest absolute Gasteiger partial charge is 0.292 e. The van der Waals surface area contributed by atoms with E-state index in [1.807, 2.05) is 6.92 Å². The molecule has 8 heteroatoms. The molecule has 0 aromatic heterocycles. The first kappa shape index (κ1) is 22.5. The molecule has 1 aliphatic carbocycles. The van der Waals surface area contributed by atoms with Gasteiger partial charge in [0, 0.05) is 11.1 Å². The normalized spacial score (nSPS) is 22.6. The Kier molecular flexibility index (Phi) is 6.35. The lowest BCUT2D eigenvalue weighted by molar-refractivity contribution is -0.154. The van der Waals surface area contributed by atoms with Crippen molar-refractivity contribution >= 4 is 46.7 Å². The van der Waals surface area contributed by atoms with Gasteiger partial charge in [-0.1, -0.05) is 60.5 Å². The SMILES string of the molecule is C[C@@H]1CC[C@H]2C(=O)N(N(CC(=O)c3ccccc3)C(=O)c3ccc(Cl)c(Cl)c3)C(=O)[C@H]2C1. The number of hydrogen-bond donors (Lipinski definition) is 0. The van der Waals surface area contributed by atoms with Crippen molar-refractivity contribution in [3.63, 3.8) is 0 Å².